The topological polar surface area (TPSA) is 72.9 Å². The normalized spacial score (nSPS) is 12.4. The van der Waals surface area contributed by atoms with Crippen molar-refractivity contribution in [3.8, 4) is 0 Å². The van der Waals surface area contributed by atoms with Crippen LogP contribution in [0.2, 0.25) is 0 Å². The summed E-state index contributed by atoms with van der Waals surface area (Å²) in [7, 11) is 1.75. The SMILES string of the molecule is CCCC(CC)NC(=O)c1nn(C)cc1N. The average molecular weight is 224 g/mol. The van der Waals surface area contributed by atoms with Crippen LogP contribution in [0.15, 0.2) is 6.20 Å². The summed E-state index contributed by atoms with van der Waals surface area (Å²) in [4.78, 5) is 11.9. The minimum atomic E-state index is -0.182. The predicted octanol–water partition coefficient (Wildman–Crippen LogP) is 1.31. The zero-order chi connectivity index (χ0) is 12.1. The smallest absolute Gasteiger partial charge is 0.274 e. The Morgan fingerprint density at radius 3 is 2.75 bits per heavy atom. The molecule has 1 amide bonds. The van der Waals surface area contributed by atoms with Crippen molar-refractivity contribution in [2.24, 2.45) is 7.05 Å². The maximum atomic E-state index is 11.9. The first-order chi connectivity index (χ1) is 7.58. The van der Waals surface area contributed by atoms with Crippen LogP contribution in [0.4, 0.5) is 5.69 Å². The Labute approximate surface area is 96.0 Å². The van der Waals surface area contributed by atoms with Gasteiger partial charge in [-0.15, -0.1) is 0 Å². The van der Waals surface area contributed by atoms with Crippen molar-refractivity contribution < 1.29 is 4.79 Å². The summed E-state index contributed by atoms with van der Waals surface area (Å²) in [6, 6.07) is 0.207. The first kappa shape index (κ1) is 12.5. The third-order valence-electron chi connectivity index (χ3n) is 2.54. The van der Waals surface area contributed by atoms with Gasteiger partial charge in [-0.1, -0.05) is 20.3 Å². The quantitative estimate of drug-likeness (QED) is 0.792. The van der Waals surface area contributed by atoms with E-state index >= 15 is 0 Å². The fraction of sp³-hybridized carbons (Fsp3) is 0.636. The number of carbonyl (C=O) groups excluding carboxylic acids is 1. The van der Waals surface area contributed by atoms with Gasteiger partial charge >= 0.3 is 0 Å². The number of anilines is 1. The Kier molecular flexibility index (Phi) is 4.34. The summed E-state index contributed by atoms with van der Waals surface area (Å²) in [6.45, 7) is 4.16. The molecule has 0 aromatic carbocycles. The molecule has 0 fully saturated rings. The van der Waals surface area contributed by atoms with E-state index in [1.807, 2.05) is 0 Å². The second kappa shape index (κ2) is 5.53. The molecule has 0 bridgehead atoms. The van der Waals surface area contributed by atoms with Gasteiger partial charge in [0.05, 0.1) is 5.69 Å². The van der Waals surface area contributed by atoms with Crippen molar-refractivity contribution in [3.05, 3.63) is 11.9 Å². The van der Waals surface area contributed by atoms with Crippen LogP contribution in [-0.4, -0.2) is 21.7 Å². The van der Waals surface area contributed by atoms with Crippen molar-refractivity contribution in [1.82, 2.24) is 15.1 Å². The van der Waals surface area contributed by atoms with E-state index in [9.17, 15) is 4.79 Å². The lowest BCUT2D eigenvalue weighted by molar-refractivity contribution is 0.0929. The van der Waals surface area contributed by atoms with E-state index in [0.29, 0.717) is 11.4 Å². The van der Waals surface area contributed by atoms with Gasteiger partial charge in [-0.3, -0.25) is 9.48 Å². The van der Waals surface area contributed by atoms with Gasteiger partial charge in [0.1, 0.15) is 0 Å². The second-order valence-electron chi connectivity index (χ2n) is 3.97. The lowest BCUT2D eigenvalue weighted by atomic mass is 10.1. The molecular formula is C11H20N4O. The Balaban J connectivity index is 2.67. The van der Waals surface area contributed by atoms with Crippen LogP contribution in [-0.2, 0) is 7.05 Å². The van der Waals surface area contributed by atoms with Crippen LogP contribution in [0.5, 0.6) is 0 Å². The number of rotatable bonds is 5. The van der Waals surface area contributed by atoms with Gasteiger partial charge in [-0.2, -0.15) is 5.10 Å². The summed E-state index contributed by atoms with van der Waals surface area (Å²) in [5, 5.41) is 6.98. The van der Waals surface area contributed by atoms with Crippen LogP contribution < -0.4 is 11.1 Å². The highest BCUT2D eigenvalue weighted by Gasteiger charge is 2.16. The molecule has 0 saturated heterocycles. The van der Waals surface area contributed by atoms with Crippen LogP contribution in [0.25, 0.3) is 0 Å². The van der Waals surface area contributed by atoms with Crippen molar-refractivity contribution in [2.45, 2.75) is 39.2 Å². The summed E-state index contributed by atoms with van der Waals surface area (Å²) in [5.74, 6) is -0.182. The molecule has 0 saturated carbocycles. The van der Waals surface area contributed by atoms with Gasteiger partial charge in [-0.05, 0) is 12.8 Å². The molecule has 5 heteroatoms. The van der Waals surface area contributed by atoms with E-state index < -0.39 is 0 Å². The van der Waals surface area contributed by atoms with E-state index in [-0.39, 0.29) is 11.9 Å². The summed E-state index contributed by atoms with van der Waals surface area (Å²) >= 11 is 0. The van der Waals surface area contributed by atoms with E-state index in [2.05, 4.69) is 24.3 Å². The molecule has 0 radical (unpaired) electrons. The van der Waals surface area contributed by atoms with Crippen molar-refractivity contribution in [3.63, 3.8) is 0 Å². The lowest BCUT2D eigenvalue weighted by Gasteiger charge is -2.15. The Hall–Kier alpha value is -1.52. The number of carbonyl (C=O) groups is 1. The highest BCUT2D eigenvalue weighted by molar-refractivity contribution is 5.97. The van der Waals surface area contributed by atoms with E-state index in [1.54, 1.807) is 17.9 Å². The summed E-state index contributed by atoms with van der Waals surface area (Å²) in [6.07, 6.45) is 4.59. The number of hydrogen-bond donors (Lipinski definition) is 2. The van der Waals surface area contributed by atoms with Gasteiger partial charge in [0.15, 0.2) is 5.69 Å². The van der Waals surface area contributed by atoms with Crippen LogP contribution in [0, 0.1) is 0 Å². The second-order valence-corrected chi connectivity index (χ2v) is 3.97. The molecule has 1 aromatic heterocycles. The number of nitrogens with two attached hydrogens (primary N) is 1. The summed E-state index contributed by atoms with van der Waals surface area (Å²) < 4.78 is 1.55. The number of nitrogens with one attached hydrogen (secondary N) is 1. The van der Waals surface area contributed by atoms with Crippen LogP contribution in [0.3, 0.4) is 0 Å². The molecule has 1 atom stereocenters. The van der Waals surface area contributed by atoms with Gasteiger partial charge in [0.25, 0.3) is 5.91 Å². The molecule has 3 N–H and O–H groups in total. The minimum Gasteiger partial charge on any atom is -0.396 e. The van der Waals surface area contributed by atoms with Crippen molar-refractivity contribution >= 4 is 11.6 Å². The highest BCUT2D eigenvalue weighted by atomic mass is 16.2. The largest absolute Gasteiger partial charge is 0.396 e. The first-order valence-electron chi connectivity index (χ1n) is 5.68. The molecule has 1 heterocycles. The van der Waals surface area contributed by atoms with E-state index in [4.69, 9.17) is 5.73 Å². The molecule has 0 aliphatic carbocycles. The number of aromatic nitrogens is 2. The highest BCUT2D eigenvalue weighted by Crippen LogP contribution is 2.09. The van der Waals surface area contributed by atoms with Gasteiger partial charge in [-0.25, -0.2) is 0 Å². The molecular weight excluding hydrogens is 204 g/mol. The van der Waals surface area contributed by atoms with Gasteiger partial charge in [0, 0.05) is 19.3 Å². The van der Waals surface area contributed by atoms with Gasteiger partial charge in [0.2, 0.25) is 0 Å². The lowest BCUT2D eigenvalue weighted by Crippen LogP contribution is -2.34. The summed E-state index contributed by atoms with van der Waals surface area (Å²) in [5.41, 5.74) is 6.43. The zero-order valence-corrected chi connectivity index (χ0v) is 10.2. The number of nitrogens with zero attached hydrogens (tertiary/aromatic N) is 2. The molecule has 1 rings (SSSR count). The number of amides is 1. The van der Waals surface area contributed by atoms with E-state index in [0.717, 1.165) is 19.3 Å². The average Bonchev–Trinajstić information content (AvgIpc) is 2.57. The molecule has 1 unspecified atom stereocenters. The first-order valence-corrected chi connectivity index (χ1v) is 5.68. The van der Waals surface area contributed by atoms with Crippen LogP contribution in [0.1, 0.15) is 43.6 Å². The van der Waals surface area contributed by atoms with Crippen molar-refractivity contribution in [2.75, 3.05) is 5.73 Å². The number of aryl methyl sites for hydroxylation is 1. The molecule has 0 aliphatic heterocycles. The molecule has 1 aromatic rings. The molecule has 0 aliphatic rings. The van der Waals surface area contributed by atoms with Crippen LogP contribution >= 0.6 is 0 Å². The molecule has 0 spiro atoms. The maximum Gasteiger partial charge on any atom is 0.274 e. The third-order valence-corrected chi connectivity index (χ3v) is 2.54. The Morgan fingerprint density at radius 2 is 2.31 bits per heavy atom. The maximum absolute atomic E-state index is 11.9. The zero-order valence-electron chi connectivity index (χ0n) is 10.2. The van der Waals surface area contributed by atoms with Gasteiger partial charge < -0.3 is 11.1 Å². The fourth-order valence-corrected chi connectivity index (χ4v) is 1.66. The number of hydrogen-bond acceptors (Lipinski definition) is 3. The predicted molar refractivity (Wildman–Crippen MR) is 64.1 cm³/mol. The Morgan fingerprint density at radius 1 is 1.62 bits per heavy atom. The monoisotopic (exact) mass is 224 g/mol. The number of nitrogen functional groups attached to an aromatic ring is 1. The third kappa shape index (κ3) is 2.98. The molecule has 90 valence electrons. The molecule has 5 nitrogen and oxygen atoms in total. The molecule has 16 heavy (non-hydrogen) atoms. The standard InChI is InChI=1S/C11H20N4O/c1-4-6-8(5-2)13-11(16)10-9(12)7-15(3)14-10/h7-8H,4-6,12H2,1-3H3,(H,13,16). The van der Waals surface area contributed by atoms with Crippen molar-refractivity contribution in [1.29, 1.82) is 0 Å². The van der Waals surface area contributed by atoms with E-state index in [1.165, 1.54) is 0 Å². The minimum absolute atomic E-state index is 0.182. The fourth-order valence-electron chi connectivity index (χ4n) is 1.66. The Bertz CT molecular complexity index is 359.